The van der Waals surface area contributed by atoms with Gasteiger partial charge in [-0.1, -0.05) is 30.7 Å². The summed E-state index contributed by atoms with van der Waals surface area (Å²) >= 11 is 6.12. The zero-order valence-electron chi connectivity index (χ0n) is 19.6. The van der Waals surface area contributed by atoms with Gasteiger partial charge in [0.1, 0.15) is 12.1 Å². The van der Waals surface area contributed by atoms with Crippen molar-refractivity contribution in [2.24, 2.45) is 0 Å². The molecule has 3 aliphatic rings. The minimum Gasteiger partial charge on any atom is -0.387 e. The summed E-state index contributed by atoms with van der Waals surface area (Å²) in [5, 5.41) is 11.0. The zero-order valence-corrected chi connectivity index (χ0v) is 20.3. The summed E-state index contributed by atoms with van der Waals surface area (Å²) in [7, 11) is 0. The average Bonchev–Trinajstić information content (AvgIpc) is 3.17. The molecule has 9 heteroatoms. The lowest BCUT2D eigenvalue weighted by atomic mass is 9.96. The van der Waals surface area contributed by atoms with Crippen molar-refractivity contribution in [1.82, 2.24) is 19.8 Å². The van der Waals surface area contributed by atoms with Crippen LogP contribution in [0.2, 0.25) is 5.02 Å². The van der Waals surface area contributed by atoms with Crippen molar-refractivity contribution in [3.63, 3.8) is 0 Å². The maximum absolute atomic E-state index is 13.7. The predicted molar refractivity (Wildman–Crippen MR) is 130 cm³/mol. The van der Waals surface area contributed by atoms with Crippen LogP contribution in [0.5, 0.6) is 0 Å². The van der Waals surface area contributed by atoms with Gasteiger partial charge in [0.15, 0.2) is 0 Å². The highest BCUT2D eigenvalue weighted by atomic mass is 35.5. The molecule has 1 amide bonds. The molecule has 2 fully saturated rings. The number of nitrogens with zero attached hydrogens (tertiary/aromatic N) is 5. The van der Waals surface area contributed by atoms with E-state index in [4.69, 9.17) is 16.3 Å². The maximum atomic E-state index is 13.7. The molecule has 2 aromatic rings. The SMILES string of the molecule is C[C@@H]1C[C@@H](O)c2ncnc(N3CCN(C(=O)[C@H](CN4CCOCC4)c4ccc(Cl)cc4)CC3)c21. The Morgan fingerprint density at radius 3 is 2.53 bits per heavy atom. The van der Waals surface area contributed by atoms with Gasteiger partial charge in [-0.2, -0.15) is 0 Å². The van der Waals surface area contributed by atoms with E-state index in [9.17, 15) is 9.90 Å². The Kier molecular flexibility index (Phi) is 7.01. The number of carbonyl (C=O) groups is 1. The van der Waals surface area contributed by atoms with Crippen LogP contribution < -0.4 is 4.90 Å². The number of piperazine rings is 1. The van der Waals surface area contributed by atoms with Gasteiger partial charge in [0.25, 0.3) is 0 Å². The van der Waals surface area contributed by atoms with Gasteiger partial charge in [-0.05, 0) is 30.0 Å². The molecule has 0 unspecified atom stereocenters. The highest BCUT2D eigenvalue weighted by molar-refractivity contribution is 6.30. The number of ether oxygens (including phenoxy) is 1. The molecule has 34 heavy (non-hydrogen) atoms. The summed E-state index contributed by atoms with van der Waals surface area (Å²) in [5.74, 6) is 1.05. The Bertz CT molecular complexity index is 1010. The van der Waals surface area contributed by atoms with Crippen LogP contribution in [-0.4, -0.2) is 89.8 Å². The van der Waals surface area contributed by atoms with Gasteiger partial charge in [-0.15, -0.1) is 0 Å². The Labute approximate surface area is 205 Å². The van der Waals surface area contributed by atoms with Crippen molar-refractivity contribution in [3.8, 4) is 0 Å². The number of amides is 1. The summed E-state index contributed by atoms with van der Waals surface area (Å²) in [5.41, 5.74) is 2.81. The third-order valence-corrected chi connectivity index (χ3v) is 7.54. The van der Waals surface area contributed by atoms with Crippen molar-refractivity contribution in [2.45, 2.75) is 31.3 Å². The molecule has 0 spiro atoms. The van der Waals surface area contributed by atoms with Gasteiger partial charge in [-0.3, -0.25) is 9.69 Å². The van der Waals surface area contributed by atoms with E-state index in [0.29, 0.717) is 57.4 Å². The zero-order chi connectivity index (χ0) is 23.7. The molecular formula is C25H32ClN5O3. The Morgan fingerprint density at radius 1 is 1.12 bits per heavy atom. The quantitative estimate of drug-likeness (QED) is 0.696. The molecule has 1 aliphatic carbocycles. The summed E-state index contributed by atoms with van der Waals surface area (Å²) in [4.78, 5) is 29.2. The molecule has 1 aromatic carbocycles. The van der Waals surface area contributed by atoms with E-state index in [1.54, 1.807) is 6.33 Å². The van der Waals surface area contributed by atoms with Crippen molar-refractivity contribution >= 4 is 23.3 Å². The topological polar surface area (TPSA) is 82.0 Å². The first kappa shape index (κ1) is 23.5. The molecule has 1 N–H and O–H groups in total. The fourth-order valence-electron chi connectivity index (χ4n) is 5.38. The molecule has 0 radical (unpaired) electrons. The van der Waals surface area contributed by atoms with Gasteiger partial charge in [0.05, 0.1) is 30.9 Å². The second-order valence-electron chi connectivity index (χ2n) is 9.48. The fourth-order valence-corrected chi connectivity index (χ4v) is 5.50. The first-order chi connectivity index (χ1) is 16.5. The van der Waals surface area contributed by atoms with Crippen molar-refractivity contribution in [1.29, 1.82) is 0 Å². The lowest BCUT2D eigenvalue weighted by Gasteiger charge is -2.39. The second-order valence-corrected chi connectivity index (χ2v) is 9.91. The summed E-state index contributed by atoms with van der Waals surface area (Å²) in [6.07, 6.45) is 1.71. The van der Waals surface area contributed by atoms with Crippen molar-refractivity contribution < 1.29 is 14.6 Å². The fraction of sp³-hybridized carbons (Fsp3) is 0.560. The van der Waals surface area contributed by atoms with Crippen molar-refractivity contribution in [3.05, 3.63) is 52.4 Å². The lowest BCUT2D eigenvalue weighted by molar-refractivity contribution is -0.134. The molecule has 182 valence electrons. The molecule has 3 atom stereocenters. The Balaban J connectivity index is 1.30. The third-order valence-electron chi connectivity index (χ3n) is 7.28. The first-order valence-electron chi connectivity index (χ1n) is 12.1. The smallest absolute Gasteiger partial charge is 0.231 e. The second kappa shape index (κ2) is 10.2. The minimum absolute atomic E-state index is 0.158. The molecule has 2 aliphatic heterocycles. The van der Waals surface area contributed by atoms with Gasteiger partial charge in [0, 0.05) is 56.4 Å². The summed E-state index contributed by atoms with van der Waals surface area (Å²) in [6, 6.07) is 7.66. The van der Waals surface area contributed by atoms with Crippen LogP contribution in [0.1, 0.15) is 48.1 Å². The van der Waals surface area contributed by atoms with E-state index < -0.39 is 6.10 Å². The van der Waals surface area contributed by atoms with E-state index in [1.807, 2.05) is 29.2 Å². The standard InChI is InChI=1S/C25H32ClN5O3/c1-17-14-21(32)23-22(17)24(28-16-27-23)30-6-8-31(9-7-30)25(33)20(15-29-10-12-34-13-11-29)18-2-4-19(26)5-3-18/h2-5,16-17,20-21,32H,6-15H2,1H3/t17-,20-,21-/m1/s1. The lowest BCUT2D eigenvalue weighted by Crippen LogP contribution is -2.52. The third kappa shape index (κ3) is 4.77. The first-order valence-corrected chi connectivity index (χ1v) is 12.5. The Morgan fingerprint density at radius 2 is 1.82 bits per heavy atom. The number of anilines is 1. The molecule has 0 bridgehead atoms. The molecule has 8 nitrogen and oxygen atoms in total. The molecule has 3 heterocycles. The summed E-state index contributed by atoms with van der Waals surface area (Å²) < 4.78 is 5.49. The van der Waals surface area contributed by atoms with Gasteiger partial charge >= 0.3 is 0 Å². The van der Waals surface area contributed by atoms with E-state index in [0.717, 1.165) is 35.7 Å². The highest BCUT2D eigenvalue weighted by Gasteiger charge is 2.35. The molecule has 5 rings (SSSR count). The molecule has 2 saturated heterocycles. The number of aliphatic hydroxyl groups is 1. The highest BCUT2D eigenvalue weighted by Crippen LogP contribution is 2.42. The maximum Gasteiger partial charge on any atom is 0.231 e. The van der Waals surface area contributed by atoms with E-state index >= 15 is 0 Å². The van der Waals surface area contributed by atoms with E-state index in [1.165, 1.54) is 0 Å². The van der Waals surface area contributed by atoms with Crippen LogP contribution in [0, 0.1) is 0 Å². The molecule has 1 aromatic heterocycles. The number of morpholine rings is 1. The number of hydrogen-bond donors (Lipinski definition) is 1. The number of fused-ring (bicyclic) bond motifs is 1. The number of rotatable bonds is 5. The normalized spacial score (nSPS) is 24.2. The molecular weight excluding hydrogens is 454 g/mol. The van der Waals surface area contributed by atoms with Crippen LogP contribution in [0.25, 0.3) is 0 Å². The van der Waals surface area contributed by atoms with Crippen LogP contribution in [0.4, 0.5) is 5.82 Å². The Hall–Kier alpha value is -2.26. The monoisotopic (exact) mass is 485 g/mol. The van der Waals surface area contributed by atoms with Crippen LogP contribution >= 0.6 is 11.6 Å². The van der Waals surface area contributed by atoms with Crippen LogP contribution in [0.3, 0.4) is 0 Å². The van der Waals surface area contributed by atoms with Gasteiger partial charge in [0.2, 0.25) is 5.91 Å². The van der Waals surface area contributed by atoms with Gasteiger partial charge < -0.3 is 19.6 Å². The average molecular weight is 486 g/mol. The number of hydrogen-bond acceptors (Lipinski definition) is 7. The van der Waals surface area contributed by atoms with Crippen LogP contribution in [0.15, 0.2) is 30.6 Å². The number of carbonyl (C=O) groups excluding carboxylic acids is 1. The van der Waals surface area contributed by atoms with E-state index in [-0.39, 0.29) is 17.7 Å². The van der Waals surface area contributed by atoms with Crippen molar-refractivity contribution in [2.75, 3.05) is 63.9 Å². The van der Waals surface area contributed by atoms with Gasteiger partial charge in [-0.25, -0.2) is 9.97 Å². The predicted octanol–water partition coefficient (Wildman–Crippen LogP) is 2.44. The number of benzene rings is 1. The van der Waals surface area contributed by atoms with Crippen LogP contribution in [-0.2, 0) is 9.53 Å². The minimum atomic E-state index is -0.519. The largest absolute Gasteiger partial charge is 0.387 e. The van der Waals surface area contributed by atoms with E-state index in [2.05, 4.69) is 26.7 Å². The number of halogens is 1. The number of aromatic nitrogens is 2. The number of aliphatic hydroxyl groups excluding tert-OH is 1. The molecule has 0 saturated carbocycles. The summed E-state index contributed by atoms with van der Waals surface area (Å²) in [6.45, 7) is 8.59.